The van der Waals surface area contributed by atoms with Crippen molar-refractivity contribution in [2.45, 2.75) is 19.4 Å². The third-order valence-electron chi connectivity index (χ3n) is 4.36. The van der Waals surface area contributed by atoms with Gasteiger partial charge in [-0.05, 0) is 54.1 Å². The van der Waals surface area contributed by atoms with Gasteiger partial charge in [-0.1, -0.05) is 23.7 Å². The summed E-state index contributed by atoms with van der Waals surface area (Å²) in [7, 11) is 3.44. The number of hydrogen-bond acceptors (Lipinski definition) is 3. The highest BCUT2D eigenvalue weighted by Gasteiger charge is 2.12. The van der Waals surface area contributed by atoms with Crippen LogP contribution >= 0.6 is 11.6 Å². The number of methoxy groups -OCH3 is 1. The second kappa shape index (κ2) is 8.78. The molecule has 0 spiro atoms. The van der Waals surface area contributed by atoms with Gasteiger partial charge in [-0.15, -0.1) is 0 Å². The van der Waals surface area contributed by atoms with Crippen LogP contribution in [0.1, 0.15) is 17.7 Å². The number of hydrogen-bond donors (Lipinski definition) is 0. The molecule has 0 saturated heterocycles. The Morgan fingerprint density at radius 1 is 1.11 bits per heavy atom. The van der Waals surface area contributed by atoms with Crippen LogP contribution in [0.4, 0.5) is 0 Å². The van der Waals surface area contributed by atoms with Gasteiger partial charge in [0.05, 0.1) is 7.11 Å². The van der Waals surface area contributed by atoms with Crippen molar-refractivity contribution in [3.05, 3.63) is 77.0 Å². The van der Waals surface area contributed by atoms with Crippen molar-refractivity contribution in [2.75, 3.05) is 14.2 Å². The highest BCUT2D eigenvalue weighted by atomic mass is 35.5. The fourth-order valence-corrected chi connectivity index (χ4v) is 3.05. The highest BCUT2D eigenvalue weighted by molar-refractivity contribution is 6.30. The van der Waals surface area contributed by atoms with Gasteiger partial charge in [0.2, 0.25) is 5.91 Å². The summed E-state index contributed by atoms with van der Waals surface area (Å²) in [5.74, 6) is 2.45. The van der Waals surface area contributed by atoms with Crippen LogP contribution in [0.3, 0.4) is 0 Å². The van der Waals surface area contributed by atoms with Crippen LogP contribution in [-0.4, -0.2) is 25.0 Å². The smallest absolute Gasteiger partial charge is 0.223 e. The van der Waals surface area contributed by atoms with E-state index in [-0.39, 0.29) is 5.91 Å². The van der Waals surface area contributed by atoms with Gasteiger partial charge in [-0.2, -0.15) is 0 Å². The normalized spacial score (nSPS) is 10.6. The molecule has 0 bridgehead atoms. The van der Waals surface area contributed by atoms with Crippen molar-refractivity contribution < 1.29 is 13.9 Å². The predicted molar refractivity (Wildman–Crippen MR) is 107 cm³/mol. The van der Waals surface area contributed by atoms with E-state index in [4.69, 9.17) is 20.8 Å². The van der Waals surface area contributed by atoms with Gasteiger partial charge in [-0.3, -0.25) is 4.79 Å². The van der Waals surface area contributed by atoms with Crippen LogP contribution in [0.25, 0.3) is 11.3 Å². The highest BCUT2D eigenvalue weighted by Crippen LogP contribution is 2.25. The Morgan fingerprint density at radius 3 is 2.59 bits per heavy atom. The molecule has 27 heavy (non-hydrogen) atoms. The van der Waals surface area contributed by atoms with Crippen LogP contribution < -0.4 is 4.74 Å². The Kier molecular flexibility index (Phi) is 6.20. The molecule has 0 N–H and O–H groups in total. The third kappa shape index (κ3) is 5.14. The van der Waals surface area contributed by atoms with E-state index < -0.39 is 0 Å². The molecule has 3 rings (SSSR count). The molecule has 1 aromatic heterocycles. The summed E-state index contributed by atoms with van der Waals surface area (Å²) in [4.78, 5) is 14.1. The molecular formula is C22H22ClNO3. The number of aryl methyl sites for hydroxylation is 1. The summed E-state index contributed by atoms with van der Waals surface area (Å²) < 4.78 is 11.0. The van der Waals surface area contributed by atoms with Crippen LogP contribution in [0.15, 0.2) is 65.1 Å². The van der Waals surface area contributed by atoms with Crippen molar-refractivity contribution in [3.8, 4) is 17.1 Å². The average molecular weight is 384 g/mol. The minimum Gasteiger partial charge on any atom is -0.497 e. The van der Waals surface area contributed by atoms with Crippen molar-refractivity contribution in [3.63, 3.8) is 0 Å². The summed E-state index contributed by atoms with van der Waals surface area (Å²) in [5.41, 5.74) is 1.99. The topological polar surface area (TPSA) is 42.7 Å². The molecule has 5 heteroatoms. The standard InChI is InChI=1S/C22H22ClNO3/c1-24(15-16-4-3-5-18(23)14-16)22(25)13-11-20-10-12-21(27-20)17-6-8-19(26-2)9-7-17/h3-10,12,14H,11,13,15H2,1-2H3. The van der Waals surface area contributed by atoms with E-state index in [1.54, 1.807) is 19.1 Å². The van der Waals surface area contributed by atoms with Gasteiger partial charge in [0.15, 0.2) is 0 Å². The summed E-state index contributed by atoms with van der Waals surface area (Å²) in [6.45, 7) is 0.536. The fourth-order valence-electron chi connectivity index (χ4n) is 2.84. The molecule has 0 aliphatic carbocycles. The zero-order valence-electron chi connectivity index (χ0n) is 15.4. The second-order valence-electron chi connectivity index (χ2n) is 6.37. The van der Waals surface area contributed by atoms with Gasteiger partial charge in [-0.25, -0.2) is 0 Å². The molecule has 0 atom stereocenters. The number of amides is 1. The molecule has 0 saturated carbocycles. The molecule has 0 radical (unpaired) electrons. The van der Waals surface area contributed by atoms with Gasteiger partial charge >= 0.3 is 0 Å². The Hall–Kier alpha value is -2.72. The SMILES string of the molecule is COc1ccc(-c2ccc(CCC(=O)N(C)Cc3cccc(Cl)c3)o2)cc1. The minimum absolute atomic E-state index is 0.0670. The lowest BCUT2D eigenvalue weighted by molar-refractivity contribution is -0.130. The molecule has 3 aromatic rings. The first-order valence-electron chi connectivity index (χ1n) is 8.76. The van der Waals surface area contributed by atoms with E-state index in [0.29, 0.717) is 24.4 Å². The summed E-state index contributed by atoms with van der Waals surface area (Å²) in [6, 6.07) is 19.1. The Bertz CT molecular complexity index is 902. The fraction of sp³-hybridized carbons (Fsp3) is 0.227. The predicted octanol–water partition coefficient (Wildman–Crippen LogP) is 5.20. The molecule has 0 fully saturated rings. The maximum atomic E-state index is 12.4. The number of carbonyl (C=O) groups is 1. The lowest BCUT2D eigenvalue weighted by Crippen LogP contribution is -2.26. The average Bonchev–Trinajstić information content (AvgIpc) is 3.15. The zero-order chi connectivity index (χ0) is 19.2. The van der Waals surface area contributed by atoms with Crippen LogP contribution in [-0.2, 0) is 17.8 Å². The van der Waals surface area contributed by atoms with Gasteiger partial charge in [0, 0.05) is 37.0 Å². The van der Waals surface area contributed by atoms with E-state index in [1.807, 2.05) is 60.7 Å². The molecule has 0 unspecified atom stereocenters. The number of furan rings is 1. The monoisotopic (exact) mass is 383 g/mol. The maximum Gasteiger partial charge on any atom is 0.223 e. The molecule has 1 amide bonds. The van der Waals surface area contributed by atoms with Crippen molar-refractivity contribution in [1.29, 1.82) is 0 Å². The third-order valence-corrected chi connectivity index (χ3v) is 4.59. The zero-order valence-corrected chi connectivity index (χ0v) is 16.2. The minimum atomic E-state index is 0.0670. The van der Waals surface area contributed by atoms with Gasteiger partial charge in [0.1, 0.15) is 17.3 Å². The van der Waals surface area contributed by atoms with Crippen LogP contribution in [0.2, 0.25) is 5.02 Å². The summed E-state index contributed by atoms with van der Waals surface area (Å²) in [5, 5.41) is 0.676. The van der Waals surface area contributed by atoms with E-state index >= 15 is 0 Å². The van der Waals surface area contributed by atoms with Gasteiger partial charge in [0.25, 0.3) is 0 Å². The Labute approximate surface area is 164 Å². The summed E-state index contributed by atoms with van der Waals surface area (Å²) in [6.07, 6.45) is 0.960. The molecule has 140 valence electrons. The van der Waals surface area contributed by atoms with Crippen molar-refractivity contribution in [1.82, 2.24) is 4.90 Å². The first-order valence-corrected chi connectivity index (χ1v) is 9.14. The maximum absolute atomic E-state index is 12.4. The van der Waals surface area contributed by atoms with E-state index in [0.717, 1.165) is 28.4 Å². The number of rotatable bonds is 7. The quantitative estimate of drug-likeness (QED) is 0.563. The Balaban J connectivity index is 1.55. The molecule has 1 heterocycles. The van der Waals surface area contributed by atoms with E-state index in [2.05, 4.69) is 0 Å². The van der Waals surface area contributed by atoms with E-state index in [9.17, 15) is 4.79 Å². The van der Waals surface area contributed by atoms with Crippen molar-refractivity contribution >= 4 is 17.5 Å². The van der Waals surface area contributed by atoms with E-state index in [1.165, 1.54) is 0 Å². The summed E-state index contributed by atoms with van der Waals surface area (Å²) >= 11 is 6.00. The first-order chi connectivity index (χ1) is 13.0. The van der Waals surface area contributed by atoms with Crippen molar-refractivity contribution in [2.24, 2.45) is 0 Å². The Morgan fingerprint density at radius 2 is 1.89 bits per heavy atom. The number of halogens is 1. The molecule has 2 aromatic carbocycles. The van der Waals surface area contributed by atoms with Crippen LogP contribution in [0.5, 0.6) is 5.75 Å². The lowest BCUT2D eigenvalue weighted by atomic mass is 10.1. The molecule has 0 aliphatic rings. The molecule has 4 nitrogen and oxygen atoms in total. The molecule has 0 aliphatic heterocycles. The van der Waals surface area contributed by atoms with Gasteiger partial charge < -0.3 is 14.1 Å². The number of carbonyl (C=O) groups excluding carboxylic acids is 1. The van der Waals surface area contributed by atoms with Crippen LogP contribution in [0, 0.1) is 0 Å². The number of ether oxygens (including phenoxy) is 1. The largest absolute Gasteiger partial charge is 0.497 e. The first kappa shape index (κ1) is 19.1. The second-order valence-corrected chi connectivity index (χ2v) is 6.81. The lowest BCUT2D eigenvalue weighted by Gasteiger charge is -2.17. The number of benzene rings is 2. The number of nitrogens with zero attached hydrogens (tertiary/aromatic N) is 1. The molecular weight excluding hydrogens is 362 g/mol.